The summed E-state index contributed by atoms with van der Waals surface area (Å²) in [6.45, 7) is 0.430. The van der Waals surface area contributed by atoms with Crippen LogP contribution < -0.4 is 10.1 Å². The lowest BCUT2D eigenvalue weighted by Crippen LogP contribution is -2.75. The number of carbonyl (C=O) groups excluding carboxylic acids is 3. The quantitative estimate of drug-likeness (QED) is 0.298. The van der Waals surface area contributed by atoms with E-state index in [2.05, 4.69) is 5.32 Å². The number of ether oxygens (including phenoxy) is 2. The first-order valence-electron chi connectivity index (χ1n) is 6.63. The fraction of sp³-hybridized carbons (Fsp3) is 0.308. The second-order valence-electron chi connectivity index (χ2n) is 4.84. The van der Waals surface area contributed by atoms with Crippen molar-refractivity contribution in [1.82, 2.24) is 9.62 Å². The number of rotatable bonds is 6. The fourth-order valence-electron chi connectivity index (χ4n) is 2.13. The predicted molar refractivity (Wildman–Crippen MR) is 77.6 cm³/mol. The zero-order valence-electron chi connectivity index (χ0n) is 12.5. The molecule has 130 valence electrons. The zero-order chi connectivity index (χ0) is 18.0. The summed E-state index contributed by atoms with van der Waals surface area (Å²) in [6.07, 6.45) is -0.635. The summed E-state index contributed by atoms with van der Waals surface area (Å²) in [4.78, 5) is 34.6. The molecule has 2 rings (SSSR count). The summed E-state index contributed by atoms with van der Waals surface area (Å²) in [7, 11) is -5.03. The van der Waals surface area contributed by atoms with Gasteiger partial charge in [0.25, 0.3) is 17.7 Å². The highest BCUT2D eigenvalue weighted by atomic mass is 32.2. The van der Waals surface area contributed by atoms with Gasteiger partial charge in [0.15, 0.2) is 6.61 Å². The van der Waals surface area contributed by atoms with E-state index in [1.165, 1.54) is 0 Å². The van der Waals surface area contributed by atoms with Crippen molar-refractivity contribution in [3.63, 3.8) is 0 Å². The molecule has 0 radical (unpaired) electrons. The molecule has 1 saturated heterocycles. The lowest BCUT2D eigenvalue weighted by Gasteiger charge is -2.46. The van der Waals surface area contributed by atoms with E-state index in [0.717, 1.165) is 6.92 Å². The Bertz CT molecular complexity index is 763. The summed E-state index contributed by atoms with van der Waals surface area (Å²) >= 11 is 0. The predicted octanol–water partition coefficient (Wildman–Crippen LogP) is -0.566. The number of esters is 1. The molecule has 0 aliphatic carbocycles. The molecule has 0 bridgehead atoms. The standard InChI is InChI=1S/C13H14N2O8S/c1-9(16)23-13(7-12(18)15(13)24(19,20)21)14-11(17)8-22-10-5-3-2-4-6-10/h2-6H,7-8H2,1H3,(H,14,17)(H,19,20,21). The molecule has 0 aromatic heterocycles. The minimum absolute atomic E-state index is 0.109. The summed E-state index contributed by atoms with van der Waals surface area (Å²) in [6, 6.07) is 8.28. The van der Waals surface area contributed by atoms with Crippen molar-refractivity contribution < 1.29 is 36.8 Å². The minimum atomic E-state index is -5.03. The Hall–Kier alpha value is -2.66. The Labute approximate surface area is 137 Å². The van der Waals surface area contributed by atoms with Gasteiger partial charge >= 0.3 is 16.3 Å². The van der Waals surface area contributed by atoms with Crippen molar-refractivity contribution in [1.29, 1.82) is 0 Å². The molecule has 0 spiro atoms. The molecule has 1 heterocycles. The first kappa shape index (κ1) is 17.7. The van der Waals surface area contributed by atoms with Gasteiger partial charge in [0.2, 0.25) is 0 Å². The van der Waals surface area contributed by atoms with Gasteiger partial charge in [-0.25, -0.2) is 0 Å². The molecule has 11 heteroatoms. The van der Waals surface area contributed by atoms with E-state index < -0.39 is 47.0 Å². The maximum Gasteiger partial charge on any atom is 0.367 e. The van der Waals surface area contributed by atoms with E-state index in [9.17, 15) is 22.8 Å². The van der Waals surface area contributed by atoms with Crippen molar-refractivity contribution in [2.24, 2.45) is 0 Å². The highest BCUT2D eigenvalue weighted by molar-refractivity contribution is 7.84. The lowest BCUT2D eigenvalue weighted by atomic mass is 10.1. The van der Waals surface area contributed by atoms with Crippen LogP contribution >= 0.6 is 0 Å². The molecule has 2 amide bonds. The number of amides is 2. The van der Waals surface area contributed by atoms with Crippen molar-refractivity contribution in [3.05, 3.63) is 30.3 Å². The Kier molecular flexibility index (Phi) is 4.76. The third kappa shape index (κ3) is 3.81. The Morgan fingerprint density at radius 2 is 1.96 bits per heavy atom. The Balaban J connectivity index is 2.10. The Morgan fingerprint density at radius 3 is 2.46 bits per heavy atom. The molecular formula is C13H14N2O8S. The first-order chi connectivity index (χ1) is 11.1. The molecular weight excluding hydrogens is 344 g/mol. The van der Waals surface area contributed by atoms with Crippen LogP contribution in [0.5, 0.6) is 5.75 Å². The Morgan fingerprint density at radius 1 is 1.33 bits per heavy atom. The summed E-state index contributed by atoms with van der Waals surface area (Å²) in [5.41, 5.74) is 0. The summed E-state index contributed by atoms with van der Waals surface area (Å²) in [5, 5.41) is 2.08. The number of hydrogen-bond donors (Lipinski definition) is 2. The van der Waals surface area contributed by atoms with Gasteiger partial charge in [0, 0.05) is 6.92 Å². The molecule has 1 atom stereocenters. The van der Waals surface area contributed by atoms with Gasteiger partial charge < -0.3 is 9.47 Å². The van der Waals surface area contributed by atoms with Crippen molar-refractivity contribution in [2.75, 3.05) is 6.61 Å². The van der Waals surface area contributed by atoms with Crippen LogP contribution in [0, 0.1) is 0 Å². The number of nitrogens with zero attached hydrogens (tertiary/aromatic N) is 1. The van der Waals surface area contributed by atoms with Crippen LogP contribution in [0.2, 0.25) is 0 Å². The van der Waals surface area contributed by atoms with Gasteiger partial charge in [0.1, 0.15) is 12.2 Å². The zero-order valence-corrected chi connectivity index (χ0v) is 13.3. The minimum Gasteiger partial charge on any atom is -0.484 e. The van der Waals surface area contributed by atoms with Gasteiger partial charge in [0.05, 0.1) is 0 Å². The maximum absolute atomic E-state index is 11.9. The average molecular weight is 358 g/mol. The first-order valence-corrected chi connectivity index (χ1v) is 8.03. The highest BCUT2D eigenvalue weighted by Crippen LogP contribution is 2.33. The van der Waals surface area contributed by atoms with Crippen LogP contribution in [0.25, 0.3) is 0 Å². The normalized spacial score (nSPS) is 20.1. The van der Waals surface area contributed by atoms with Crippen LogP contribution in [0.1, 0.15) is 13.3 Å². The van der Waals surface area contributed by atoms with Gasteiger partial charge in [-0.2, -0.15) is 12.7 Å². The van der Waals surface area contributed by atoms with E-state index in [1.807, 2.05) is 0 Å². The number of benzene rings is 1. The van der Waals surface area contributed by atoms with Gasteiger partial charge in [-0.05, 0) is 12.1 Å². The molecule has 0 saturated carbocycles. The van der Waals surface area contributed by atoms with Crippen LogP contribution in [0.3, 0.4) is 0 Å². The third-order valence-electron chi connectivity index (χ3n) is 2.94. The van der Waals surface area contributed by atoms with Gasteiger partial charge in [-0.1, -0.05) is 18.2 Å². The van der Waals surface area contributed by atoms with E-state index in [0.29, 0.717) is 5.75 Å². The van der Waals surface area contributed by atoms with Crippen molar-refractivity contribution in [2.45, 2.75) is 19.2 Å². The van der Waals surface area contributed by atoms with Crippen molar-refractivity contribution in [3.8, 4) is 5.75 Å². The molecule has 2 N–H and O–H groups in total. The number of para-hydroxylation sites is 1. The molecule has 24 heavy (non-hydrogen) atoms. The molecule has 1 aliphatic rings. The summed E-state index contributed by atoms with van der Waals surface area (Å²) < 4.78 is 41.4. The SMILES string of the molecule is CC(=O)OC1(NC(=O)COc2ccccc2)CC(=O)N1S(=O)(=O)O. The molecule has 10 nitrogen and oxygen atoms in total. The van der Waals surface area contributed by atoms with Gasteiger partial charge in [-0.3, -0.25) is 24.3 Å². The molecule has 1 aromatic carbocycles. The smallest absolute Gasteiger partial charge is 0.367 e. The molecule has 1 unspecified atom stereocenters. The van der Waals surface area contributed by atoms with E-state index in [-0.39, 0.29) is 4.31 Å². The molecule has 1 aromatic rings. The van der Waals surface area contributed by atoms with Crippen LogP contribution in [0.15, 0.2) is 30.3 Å². The van der Waals surface area contributed by atoms with Crippen LogP contribution in [-0.4, -0.2) is 47.5 Å². The van der Waals surface area contributed by atoms with Gasteiger partial charge in [-0.15, -0.1) is 0 Å². The number of carbonyl (C=O) groups is 3. The number of β-lactam (4-membered cyclic amide) rings is 1. The number of nitrogens with one attached hydrogen (secondary N) is 1. The monoisotopic (exact) mass is 358 g/mol. The van der Waals surface area contributed by atoms with Crippen LogP contribution in [0.4, 0.5) is 0 Å². The van der Waals surface area contributed by atoms with E-state index in [4.69, 9.17) is 14.0 Å². The maximum atomic E-state index is 11.9. The molecule has 1 fully saturated rings. The average Bonchev–Trinajstić information content (AvgIpc) is 2.42. The summed E-state index contributed by atoms with van der Waals surface area (Å²) in [5.74, 6) is -4.77. The van der Waals surface area contributed by atoms with Crippen LogP contribution in [-0.2, 0) is 29.4 Å². The third-order valence-corrected chi connectivity index (χ3v) is 3.90. The second-order valence-corrected chi connectivity index (χ2v) is 6.10. The number of hydrogen-bond acceptors (Lipinski definition) is 7. The van der Waals surface area contributed by atoms with Crippen molar-refractivity contribution >= 4 is 28.1 Å². The lowest BCUT2D eigenvalue weighted by molar-refractivity contribution is -0.209. The van der Waals surface area contributed by atoms with E-state index in [1.54, 1.807) is 30.3 Å². The fourth-order valence-corrected chi connectivity index (χ4v) is 2.97. The topological polar surface area (TPSA) is 139 Å². The highest BCUT2D eigenvalue weighted by Gasteiger charge is 2.61. The second kappa shape index (κ2) is 6.45. The largest absolute Gasteiger partial charge is 0.484 e. The van der Waals surface area contributed by atoms with E-state index >= 15 is 0 Å². The molecule has 1 aliphatic heterocycles.